The zero-order valence-corrected chi connectivity index (χ0v) is 8.01. The smallest absolute Gasteiger partial charge is 0.211 e. The van der Waals surface area contributed by atoms with Crippen molar-refractivity contribution in [3.8, 4) is 0 Å². The first-order valence-electron chi connectivity index (χ1n) is 3.85. The van der Waals surface area contributed by atoms with E-state index in [4.69, 9.17) is 11.6 Å². The van der Waals surface area contributed by atoms with Crippen LogP contribution in [0.2, 0.25) is 5.02 Å². The molecular weight excluding hydrogens is 205 g/mol. The van der Waals surface area contributed by atoms with Gasteiger partial charge in [-0.2, -0.15) is 4.99 Å². The molecule has 0 aliphatic carbocycles. The second kappa shape index (κ2) is 4.70. The molecule has 0 unspecified atom stereocenters. The lowest BCUT2D eigenvalue weighted by Gasteiger charge is -2.02. The Balaban J connectivity index is 3.25. The first-order valence-corrected chi connectivity index (χ1v) is 4.23. The second-order valence-corrected chi connectivity index (χ2v) is 3.00. The van der Waals surface area contributed by atoms with Crippen LogP contribution in [-0.2, 0) is 11.2 Å². The van der Waals surface area contributed by atoms with Gasteiger partial charge in [0, 0.05) is 5.02 Å². The molecule has 0 spiro atoms. The summed E-state index contributed by atoms with van der Waals surface area (Å²) in [5.74, 6) is -0.633. The van der Waals surface area contributed by atoms with E-state index >= 15 is 0 Å². The molecule has 0 bridgehead atoms. The second-order valence-electron chi connectivity index (χ2n) is 2.59. The number of aliphatic imine (C=N–C) groups is 1. The first kappa shape index (κ1) is 10.6. The minimum absolute atomic E-state index is 0.0544. The van der Waals surface area contributed by atoms with Crippen LogP contribution in [0.5, 0.6) is 0 Å². The third-order valence-electron chi connectivity index (χ3n) is 1.65. The summed E-state index contributed by atoms with van der Waals surface area (Å²) in [6.45, 7) is 3.53. The zero-order chi connectivity index (χ0) is 10.6. The number of hydrogen-bond acceptors (Lipinski definition) is 2. The summed E-state index contributed by atoms with van der Waals surface area (Å²) in [6, 6.07) is 2.53. The van der Waals surface area contributed by atoms with Crippen LogP contribution in [0.1, 0.15) is 5.56 Å². The SMILES string of the molecule is C=CCc1cc(N=C=O)c(F)cc1Cl. The molecule has 2 nitrogen and oxygen atoms in total. The van der Waals surface area contributed by atoms with Gasteiger partial charge in [-0.1, -0.05) is 17.7 Å². The van der Waals surface area contributed by atoms with Gasteiger partial charge in [0.25, 0.3) is 0 Å². The van der Waals surface area contributed by atoms with Crippen molar-refractivity contribution in [1.29, 1.82) is 0 Å². The van der Waals surface area contributed by atoms with E-state index < -0.39 is 5.82 Å². The van der Waals surface area contributed by atoms with Crippen LogP contribution >= 0.6 is 11.6 Å². The van der Waals surface area contributed by atoms with Crippen LogP contribution in [0.3, 0.4) is 0 Å². The number of benzene rings is 1. The van der Waals surface area contributed by atoms with E-state index in [-0.39, 0.29) is 5.69 Å². The van der Waals surface area contributed by atoms with E-state index in [1.165, 1.54) is 12.1 Å². The van der Waals surface area contributed by atoms with Gasteiger partial charge in [0.15, 0.2) is 5.82 Å². The highest BCUT2D eigenvalue weighted by Gasteiger charge is 2.06. The minimum Gasteiger partial charge on any atom is -0.211 e. The van der Waals surface area contributed by atoms with Crippen LogP contribution in [0.4, 0.5) is 10.1 Å². The third-order valence-corrected chi connectivity index (χ3v) is 2.00. The van der Waals surface area contributed by atoms with Gasteiger partial charge < -0.3 is 0 Å². The largest absolute Gasteiger partial charge is 0.240 e. The van der Waals surface area contributed by atoms with E-state index in [2.05, 4.69) is 11.6 Å². The average molecular weight is 212 g/mol. The van der Waals surface area contributed by atoms with Crippen molar-refractivity contribution < 1.29 is 9.18 Å². The summed E-state index contributed by atoms with van der Waals surface area (Å²) in [5, 5.41) is 0.298. The normalized spacial score (nSPS) is 9.29. The third kappa shape index (κ3) is 2.28. The fourth-order valence-electron chi connectivity index (χ4n) is 1.03. The van der Waals surface area contributed by atoms with Crippen molar-refractivity contribution in [3.63, 3.8) is 0 Å². The molecule has 0 heterocycles. The molecule has 0 aromatic heterocycles. The molecule has 0 amide bonds. The van der Waals surface area contributed by atoms with Crippen LogP contribution in [-0.4, -0.2) is 6.08 Å². The standard InChI is InChI=1S/C10H7ClFNO/c1-2-3-7-4-10(13-6-14)9(12)5-8(7)11/h2,4-5H,1,3H2. The van der Waals surface area contributed by atoms with Crippen molar-refractivity contribution in [2.75, 3.05) is 0 Å². The van der Waals surface area contributed by atoms with Gasteiger partial charge in [0.2, 0.25) is 6.08 Å². The lowest BCUT2D eigenvalue weighted by molar-refractivity contribution is 0.564. The number of isocyanates is 1. The molecule has 0 aliphatic rings. The molecule has 0 saturated heterocycles. The molecule has 0 saturated carbocycles. The Kier molecular flexibility index (Phi) is 3.57. The highest BCUT2D eigenvalue weighted by atomic mass is 35.5. The number of carbonyl (C=O) groups excluding carboxylic acids is 1. The molecule has 0 radical (unpaired) electrons. The van der Waals surface area contributed by atoms with Gasteiger partial charge in [-0.25, -0.2) is 9.18 Å². The molecule has 1 rings (SSSR count). The molecule has 4 heteroatoms. The molecule has 0 atom stereocenters. The molecule has 1 aromatic carbocycles. The van der Waals surface area contributed by atoms with E-state index in [9.17, 15) is 9.18 Å². The highest BCUT2D eigenvalue weighted by Crippen LogP contribution is 2.26. The Morgan fingerprint density at radius 2 is 2.36 bits per heavy atom. The van der Waals surface area contributed by atoms with Crippen LogP contribution in [0.25, 0.3) is 0 Å². The summed E-state index contributed by atoms with van der Waals surface area (Å²) in [6.07, 6.45) is 3.41. The van der Waals surface area contributed by atoms with E-state index in [0.29, 0.717) is 17.0 Å². The highest BCUT2D eigenvalue weighted by molar-refractivity contribution is 6.31. The molecule has 14 heavy (non-hydrogen) atoms. The van der Waals surface area contributed by atoms with Crippen molar-refractivity contribution in [1.82, 2.24) is 0 Å². The van der Waals surface area contributed by atoms with Gasteiger partial charge in [0.05, 0.1) is 0 Å². The summed E-state index contributed by atoms with van der Waals surface area (Å²) < 4.78 is 13.1. The van der Waals surface area contributed by atoms with Gasteiger partial charge in [-0.3, -0.25) is 0 Å². The Labute approximate surface area is 85.7 Å². The molecule has 72 valence electrons. The van der Waals surface area contributed by atoms with Gasteiger partial charge >= 0.3 is 0 Å². The van der Waals surface area contributed by atoms with Crippen molar-refractivity contribution in [2.24, 2.45) is 4.99 Å². The van der Waals surface area contributed by atoms with Crippen LogP contribution < -0.4 is 0 Å². The van der Waals surface area contributed by atoms with Gasteiger partial charge in [-0.05, 0) is 24.1 Å². The molecule has 0 fully saturated rings. The van der Waals surface area contributed by atoms with Crippen molar-refractivity contribution in [3.05, 3.63) is 41.2 Å². The maximum absolute atomic E-state index is 13.1. The maximum atomic E-state index is 13.1. The predicted molar refractivity (Wildman–Crippen MR) is 53.1 cm³/mol. The Morgan fingerprint density at radius 1 is 1.64 bits per heavy atom. The van der Waals surface area contributed by atoms with Crippen molar-refractivity contribution in [2.45, 2.75) is 6.42 Å². The molecule has 0 aliphatic heterocycles. The van der Waals surface area contributed by atoms with E-state index in [1.807, 2.05) is 0 Å². The average Bonchev–Trinajstić information content (AvgIpc) is 2.14. The topological polar surface area (TPSA) is 29.4 Å². The van der Waals surface area contributed by atoms with Gasteiger partial charge in [-0.15, -0.1) is 6.58 Å². The van der Waals surface area contributed by atoms with E-state index in [1.54, 1.807) is 6.08 Å². The quantitative estimate of drug-likeness (QED) is 0.429. The Bertz CT molecular complexity index is 411. The summed E-state index contributed by atoms with van der Waals surface area (Å²) in [4.78, 5) is 13.2. The Hall–Kier alpha value is -1.44. The number of halogens is 2. The van der Waals surface area contributed by atoms with Crippen molar-refractivity contribution >= 4 is 23.4 Å². The van der Waals surface area contributed by atoms with Crippen LogP contribution in [0, 0.1) is 5.82 Å². The van der Waals surface area contributed by atoms with Gasteiger partial charge in [0.1, 0.15) is 5.69 Å². The summed E-state index contributed by atoms with van der Waals surface area (Å²) in [7, 11) is 0. The molecule has 1 aromatic rings. The lowest BCUT2D eigenvalue weighted by atomic mass is 10.1. The van der Waals surface area contributed by atoms with Crippen LogP contribution in [0.15, 0.2) is 29.8 Å². The number of nitrogens with zero attached hydrogens (tertiary/aromatic N) is 1. The number of hydrogen-bond donors (Lipinski definition) is 0. The lowest BCUT2D eigenvalue weighted by Crippen LogP contribution is -1.86. The number of allylic oxidation sites excluding steroid dienone is 1. The summed E-state index contributed by atoms with van der Waals surface area (Å²) >= 11 is 5.75. The summed E-state index contributed by atoms with van der Waals surface area (Å²) in [5.41, 5.74) is 0.623. The molecule has 0 N–H and O–H groups in total. The van der Waals surface area contributed by atoms with E-state index in [0.717, 1.165) is 6.07 Å². The Morgan fingerprint density at radius 3 is 2.93 bits per heavy atom. The molecular formula is C10H7ClFNO. The predicted octanol–water partition coefficient (Wildman–Crippen LogP) is 3.17. The fraction of sp³-hybridized carbons (Fsp3) is 0.100. The zero-order valence-electron chi connectivity index (χ0n) is 7.26. The monoisotopic (exact) mass is 211 g/mol. The fourth-order valence-corrected chi connectivity index (χ4v) is 1.26. The number of rotatable bonds is 3. The minimum atomic E-state index is -0.633. The maximum Gasteiger partial charge on any atom is 0.240 e. The first-order chi connectivity index (χ1) is 6.69.